The summed E-state index contributed by atoms with van der Waals surface area (Å²) in [5, 5.41) is 6.69. The minimum atomic E-state index is -3.15. The summed E-state index contributed by atoms with van der Waals surface area (Å²) in [6.07, 6.45) is 4.79. The first kappa shape index (κ1) is 14.7. The molecule has 7 heteroatoms. The summed E-state index contributed by atoms with van der Waals surface area (Å²) in [4.78, 5) is 0. The molecule has 0 heterocycles. The van der Waals surface area contributed by atoms with Gasteiger partial charge in [-0.25, -0.2) is 13.1 Å². The van der Waals surface area contributed by atoms with Crippen LogP contribution < -0.4 is 15.4 Å². The van der Waals surface area contributed by atoms with Crippen LogP contribution in [0, 0.1) is 0 Å². The Labute approximate surface area is 109 Å². The molecule has 1 aliphatic carbocycles. The summed E-state index contributed by atoms with van der Waals surface area (Å²) in [6, 6.07) is 0.459. The Morgan fingerprint density at radius 3 is 2.59 bits per heavy atom. The van der Waals surface area contributed by atoms with Crippen LogP contribution in [-0.4, -0.2) is 38.4 Å². The highest BCUT2D eigenvalue weighted by Crippen LogP contribution is 2.17. The van der Waals surface area contributed by atoms with E-state index in [1.165, 1.54) is 12.8 Å². The van der Waals surface area contributed by atoms with Gasteiger partial charge in [0.2, 0.25) is 10.0 Å². The number of hydrogen-bond donors (Lipinski definition) is 3. The van der Waals surface area contributed by atoms with Crippen LogP contribution in [0.15, 0.2) is 0 Å². The molecule has 0 aromatic rings. The molecule has 0 aliphatic heterocycles. The van der Waals surface area contributed by atoms with Gasteiger partial charge in [0.25, 0.3) is 0 Å². The lowest BCUT2D eigenvalue weighted by Crippen LogP contribution is -2.43. The topological polar surface area (TPSA) is 70.2 Å². The summed E-state index contributed by atoms with van der Waals surface area (Å²) < 4.78 is 25.1. The number of hydrogen-bond acceptors (Lipinski definition) is 3. The van der Waals surface area contributed by atoms with Crippen molar-refractivity contribution < 1.29 is 8.42 Å². The summed E-state index contributed by atoms with van der Waals surface area (Å²) in [5.74, 6) is 0.0489. The Bertz CT molecular complexity index is 337. The highest BCUT2D eigenvalue weighted by atomic mass is 32.2. The molecule has 1 fully saturated rings. The number of rotatable bonds is 6. The minimum absolute atomic E-state index is 0.0489. The second kappa shape index (κ2) is 7.13. The Hall–Kier alpha value is -0.400. The van der Waals surface area contributed by atoms with E-state index in [-0.39, 0.29) is 5.75 Å². The third-order valence-electron chi connectivity index (χ3n) is 2.71. The standard InChI is InChI=1S/C10H21N3O2S2/c1-2-12-17(14,15)8-7-11-10(16)13-9-5-3-4-6-9/h9,12H,2-8H2,1H3,(H2,11,13,16). The number of thiocarbonyl (C=S) groups is 1. The van der Waals surface area contributed by atoms with Crippen molar-refractivity contribution in [2.24, 2.45) is 0 Å². The predicted octanol–water partition coefficient (Wildman–Crippen LogP) is 0.332. The maximum absolute atomic E-state index is 11.3. The molecular formula is C10H21N3O2S2. The quantitative estimate of drug-likeness (QED) is 0.611. The van der Waals surface area contributed by atoms with Gasteiger partial charge in [0, 0.05) is 19.1 Å². The average Bonchev–Trinajstić information content (AvgIpc) is 2.69. The molecule has 0 bridgehead atoms. The van der Waals surface area contributed by atoms with Crippen LogP contribution in [0.25, 0.3) is 0 Å². The van der Waals surface area contributed by atoms with Crippen molar-refractivity contribution in [1.29, 1.82) is 0 Å². The predicted molar refractivity (Wildman–Crippen MR) is 73.5 cm³/mol. The molecule has 5 nitrogen and oxygen atoms in total. The van der Waals surface area contributed by atoms with Crippen LogP contribution in [0.2, 0.25) is 0 Å². The first-order chi connectivity index (χ1) is 8.03. The lowest BCUT2D eigenvalue weighted by Gasteiger charge is -2.15. The summed E-state index contributed by atoms with van der Waals surface area (Å²) in [7, 11) is -3.15. The normalized spacial score (nSPS) is 17.0. The fraction of sp³-hybridized carbons (Fsp3) is 0.900. The average molecular weight is 279 g/mol. The molecular weight excluding hydrogens is 258 g/mol. The molecule has 3 N–H and O–H groups in total. The maximum Gasteiger partial charge on any atom is 0.213 e. The SMILES string of the molecule is CCNS(=O)(=O)CCNC(=S)NC1CCCC1. The van der Waals surface area contributed by atoms with E-state index in [1.54, 1.807) is 6.92 Å². The molecule has 0 aromatic carbocycles. The fourth-order valence-electron chi connectivity index (χ4n) is 1.90. The highest BCUT2D eigenvalue weighted by Gasteiger charge is 2.15. The third kappa shape index (κ3) is 6.18. The minimum Gasteiger partial charge on any atom is -0.362 e. The largest absolute Gasteiger partial charge is 0.362 e. The van der Waals surface area contributed by atoms with E-state index < -0.39 is 10.0 Å². The molecule has 1 rings (SSSR count). The Balaban J connectivity index is 2.15. The Morgan fingerprint density at radius 1 is 1.35 bits per heavy atom. The molecule has 0 saturated heterocycles. The van der Waals surface area contributed by atoms with E-state index in [2.05, 4.69) is 15.4 Å². The van der Waals surface area contributed by atoms with E-state index in [1.807, 2.05) is 0 Å². The van der Waals surface area contributed by atoms with Crippen LogP contribution in [-0.2, 0) is 10.0 Å². The van der Waals surface area contributed by atoms with Gasteiger partial charge < -0.3 is 10.6 Å². The van der Waals surface area contributed by atoms with Gasteiger partial charge in [0.15, 0.2) is 5.11 Å². The Morgan fingerprint density at radius 2 is 2.00 bits per heavy atom. The van der Waals surface area contributed by atoms with Crippen molar-refractivity contribution in [2.75, 3.05) is 18.8 Å². The van der Waals surface area contributed by atoms with E-state index in [0.717, 1.165) is 12.8 Å². The zero-order chi connectivity index (χ0) is 12.7. The number of nitrogens with one attached hydrogen (secondary N) is 3. The second-order valence-electron chi connectivity index (χ2n) is 4.20. The molecule has 0 unspecified atom stereocenters. The molecule has 0 aromatic heterocycles. The first-order valence-corrected chi connectivity index (χ1v) is 8.11. The molecule has 0 radical (unpaired) electrons. The van der Waals surface area contributed by atoms with Crippen molar-refractivity contribution in [1.82, 2.24) is 15.4 Å². The van der Waals surface area contributed by atoms with Gasteiger partial charge in [-0.15, -0.1) is 0 Å². The fourth-order valence-corrected chi connectivity index (χ4v) is 3.12. The Kier molecular flexibility index (Phi) is 6.15. The van der Waals surface area contributed by atoms with Crippen LogP contribution in [0.3, 0.4) is 0 Å². The van der Waals surface area contributed by atoms with Gasteiger partial charge in [0.1, 0.15) is 0 Å². The van der Waals surface area contributed by atoms with E-state index in [0.29, 0.717) is 24.2 Å². The lowest BCUT2D eigenvalue weighted by molar-refractivity contribution is 0.581. The summed E-state index contributed by atoms with van der Waals surface area (Å²) >= 11 is 5.11. The zero-order valence-electron chi connectivity index (χ0n) is 10.2. The van der Waals surface area contributed by atoms with Crippen molar-refractivity contribution in [2.45, 2.75) is 38.6 Å². The van der Waals surface area contributed by atoms with Crippen LogP contribution in [0.1, 0.15) is 32.6 Å². The zero-order valence-corrected chi connectivity index (χ0v) is 11.8. The van der Waals surface area contributed by atoms with Crippen molar-refractivity contribution in [3.8, 4) is 0 Å². The van der Waals surface area contributed by atoms with E-state index >= 15 is 0 Å². The summed E-state index contributed by atoms with van der Waals surface area (Å²) in [6.45, 7) is 2.53. The monoisotopic (exact) mass is 279 g/mol. The van der Waals surface area contributed by atoms with E-state index in [4.69, 9.17) is 12.2 Å². The molecule has 0 atom stereocenters. The van der Waals surface area contributed by atoms with Crippen molar-refractivity contribution in [3.63, 3.8) is 0 Å². The van der Waals surface area contributed by atoms with E-state index in [9.17, 15) is 8.42 Å². The van der Waals surface area contributed by atoms with Gasteiger partial charge >= 0.3 is 0 Å². The van der Waals surface area contributed by atoms with Gasteiger partial charge in [-0.2, -0.15) is 0 Å². The van der Waals surface area contributed by atoms with Gasteiger partial charge in [-0.3, -0.25) is 0 Å². The maximum atomic E-state index is 11.3. The smallest absolute Gasteiger partial charge is 0.213 e. The molecule has 0 amide bonds. The van der Waals surface area contributed by atoms with Crippen LogP contribution in [0.5, 0.6) is 0 Å². The third-order valence-corrected chi connectivity index (χ3v) is 4.44. The van der Waals surface area contributed by atoms with Crippen molar-refractivity contribution in [3.05, 3.63) is 0 Å². The highest BCUT2D eigenvalue weighted by molar-refractivity contribution is 7.89. The summed E-state index contributed by atoms with van der Waals surface area (Å²) in [5.41, 5.74) is 0. The van der Waals surface area contributed by atoms with Gasteiger partial charge in [0.05, 0.1) is 5.75 Å². The van der Waals surface area contributed by atoms with Crippen LogP contribution >= 0.6 is 12.2 Å². The second-order valence-corrected chi connectivity index (χ2v) is 6.53. The molecule has 17 heavy (non-hydrogen) atoms. The molecule has 1 aliphatic rings. The van der Waals surface area contributed by atoms with Crippen molar-refractivity contribution >= 4 is 27.4 Å². The molecule has 0 spiro atoms. The van der Waals surface area contributed by atoms with Gasteiger partial charge in [-0.1, -0.05) is 19.8 Å². The molecule has 100 valence electrons. The number of sulfonamides is 1. The lowest BCUT2D eigenvalue weighted by atomic mass is 10.3. The van der Waals surface area contributed by atoms with Gasteiger partial charge in [-0.05, 0) is 25.1 Å². The molecule has 1 saturated carbocycles. The van der Waals surface area contributed by atoms with Crippen LogP contribution in [0.4, 0.5) is 0 Å². The first-order valence-electron chi connectivity index (χ1n) is 6.05.